The van der Waals surface area contributed by atoms with Crippen LogP contribution in [0.4, 0.5) is 21.5 Å². The van der Waals surface area contributed by atoms with E-state index in [1.807, 2.05) is 36.4 Å². The highest BCUT2D eigenvalue weighted by molar-refractivity contribution is 5.97. The number of hydrogen-bond donors (Lipinski definition) is 2. The Morgan fingerprint density at radius 3 is 1.71 bits per heavy atom. The first kappa shape index (κ1) is 28.0. The van der Waals surface area contributed by atoms with Gasteiger partial charge in [0.2, 0.25) is 0 Å². The van der Waals surface area contributed by atoms with E-state index in [0.29, 0.717) is 5.56 Å². The summed E-state index contributed by atoms with van der Waals surface area (Å²) in [6.45, 7) is 0. The highest BCUT2D eigenvalue weighted by Crippen LogP contribution is 2.63. The molecule has 0 unspecified atom stereocenters. The quantitative estimate of drug-likeness (QED) is 0.152. The molecule has 0 saturated carbocycles. The monoisotopic (exact) mass is 619 g/mol. The molecule has 0 saturated heterocycles. The van der Waals surface area contributed by atoms with E-state index in [-0.39, 0.29) is 11.7 Å². The lowest BCUT2D eigenvalue weighted by Crippen LogP contribution is -2.36. The van der Waals surface area contributed by atoms with Gasteiger partial charge >= 0.3 is 0 Å². The van der Waals surface area contributed by atoms with Crippen LogP contribution in [-0.2, 0) is 5.41 Å². The van der Waals surface area contributed by atoms with Crippen molar-refractivity contribution in [3.05, 3.63) is 197 Å². The van der Waals surface area contributed by atoms with Crippen LogP contribution in [0.15, 0.2) is 164 Å². The Morgan fingerprint density at radius 1 is 0.500 bits per heavy atom. The molecule has 0 radical (unpaired) electrons. The first-order valence-corrected chi connectivity index (χ1v) is 16.1. The zero-order valence-electron chi connectivity index (χ0n) is 26.0. The van der Waals surface area contributed by atoms with E-state index in [0.717, 1.165) is 72.7 Å². The lowest BCUT2D eigenvalue weighted by atomic mass is 9.64. The van der Waals surface area contributed by atoms with E-state index >= 15 is 4.39 Å². The van der Waals surface area contributed by atoms with E-state index in [1.165, 1.54) is 0 Å². The number of para-hydroxylation sites is 3. The van der Waals surface area contributed by atoms with Crippen LogP contribution in [-0.4, -0.2) is 5.84 Å². The molecule has 7 aromatic rings. The fourth-order valence-electron chi connectivity index (χ4n) is 7.88. The molecule has 7 aromatic carbocycles. The lowest BCUT2D eigenvalue weighted by molar-refractivity contribution is 0.621. The van der Waals surface area contributed by atoms with Crippen LogP contribution in [0.1, 0.15) is 27.8 Å². The largest absolute Gasteiger partial charge is 0.384 e. The summed E-state index contributed by atoms with van der Waals surface area (Å²) in [4.78, 5) is 2.33. The van der Waals surface area contributed by atoms with Crippen LogP contribution >= 0.6 is 0 Å². The van der Waals surface area contributed by atoms with E-state index in [2.05, 4.69) is 120 Å². The molecule has 0 fully saturated rings. The van der Waals surface area contributed by atoms with Crippen LogP contribution in [0, 0.1) is 11.2 Å². The van der Waals surface area contributed by atoms with Gasteiger partial charge in [0.15, 0.2) is 0 Å². The van der Waals surface area contributed by atoms with Crippen molar-refractivity contribution in [3.63, 3.8) is 0 Å². The fraction of sp³-hybridized carbons (Fsp3) is 0.0227. The molecule has 1 heterocycles. The molecule has 2 aliphatic rings. The van der Waals surface area contributed by atoms with E-state index < -0.39 is 5.41 Å². The average Bonchev–Trinajstić information content (AvgIpc) is 3.41. The number of nitrogens with zero attached hydrogens (tertiary/aromatic N) is 1. The van der Waals surface area contributed by atoms with Crippen LogP contribution in [0.3, 0.4) is 0 Å². The molecule has 0 aromatic heterocycles. The van der Waals surface area contributed by atoms with Gasteiger partial charge in [-0.15, -0.1) is 0 Å². The number of halogens is 1. The molecule has 0 amide bonds. The highest BCUT2D eigenvalue weighted by Gasteiger charge is 2.52. The first-order chi connectivity index (χ1) is 23.5. The zero-order chi connectivity index (χ0) is 32.4. The predicted molar refractivity (Wildman–Crippen MR) is 194 cm³/mol. The Kier molecular flexibility index (Phi) is 6.21. The van der Waals surface area contributed by atoms with Gasteiger partial charge in [-0.2, -0.15) is 0 Å². The third-order valence-electron chi connectivity index (χ3n) is 9.94. The number of fused-ring (bicyclic) bond motifs is 9. The molecular weight excluding hydrogens is 590 g/mol. The van der Waals surface area contributed by atoms with Crippen molar-refractivity contribution in [1.82, 2.24) is 0 Å². The second-order valence-electron chi connectivity index (χ2n) is 12.5. The maximum atomic E-state index is 15.4. The van der Waals surface area contributed by atoms with Crippen molar-refractivity contribution in [1.29, 1.82) is 5.41 Å². The van der Waals surface area contributed by atoms with E-state index in [1.54, 1.807) is 12.1 Å². The summed E-state index contributed by atoms with van der Waals surface area (Å²) < 4.78 is 15.4. The van der Waals surface area contributed by atoms with Gasteiger partial charge < -0.3 is 10.6 Å². The van der Waals surface area contributed by atoms with E-state index in [9.17, 15) is 0 Å². The summed E-state index contributed by atoms with van der Waals surface area (Å²) in [6.07, 6.45) is 0. The molecule has 1 aliphatic carbocycles. The number of nitrogens with two attached hydrogens (primary N) is 1. The molecule has 0 bridgehead atoms. The SMILES string of the molecule is N=C(N)c1ccc(-c2cccc(-c3ccc4c(c3)C3(c5cc(F)ccc5-4)c4ccccc4N(c4ccccc4)c4ccccc43)c2)cc1. The second kappa shape index (κ2) is 10.6. The minimum atomic E-state index is -0.735. The summed E-state index contributed by atoms with van der Waals surface area (Å²) in [5.41, 5.74) is 19.7. The van der Waals surface area contributed by atoms with Gasteiger partial charge in [0.25, 0.3) is 0 Å². The molecule has 48 heavy (non-hydrogen) atoms. The van der Waals surface area contributed by atoms with Gasteiger partial charge in [0, 0.05) is 11.3 Å². The summed E-state index contributed by atoms with van der Waals surface area (Å²) in [6, 6.07) is 55.9. The number of rotatable bonds is 4. The topological polar surface area (TPSA) is 53.1 Å². The van der Waals surface area contributed by atoms with Gasteiger partial charge in [0.1, 0.15) is 11.7 Å². The van der Waals surface area contributed by atoms with Crippen molar-refractivity contribution in [2.24, 2.45) is 5.73 Å². The smallest absolute Gasteiger partial charge is 0.123 e. The minimum absolute atomic E-state index is 0.0565. The first-order valence-electron chi connectivity index (χ1n) is 16.1. The lowest BCUT2D eigenvalue weighted by Gasteiger charge is -2.45. The third kappa shape index (κ3) is 4.02. The van der Waals surface area contributed by atoms with Crippen molar-refractivity contribution in [2.75, 3.05) is 4.90 Å². The molecule has 1 aliphatic heterocycles. The van der Waals surface area contributed by atoms with Crippen molar-refractivity contribution < 1.29 is 4.39 Å². The zero-order valence-corrected chi connectivity index (χ0v) is 26.0. The maximum Gasteiger partial charge on any atom is 0.123 e. The van der Waals surface area contributed by atoms with Crippen LogP contribution in [0.25, 0.3) is 33.4 Å². The number of hydrogen-bond acceptors (Lipinski definition) is 2. The number of benzene rings is 7. The fourth-order valence-corrected chi connectivity index (χ4v) is 7.88. The highest BCUT2D eigenvalue weighted by atomic mass is 19.1. The van der Waals surface area contributed by atoms with Crippen LogP contribution in [0.5, 0.6) is 0 Å². The molecule has 228 valence electrons. The third-order valence-corrected chi connectivity index (χ3v) is 9.94. The second-order valence-corrected chi connectivity index (χ2v) is 12.5. The van der Waals surface area contributed by atoms with Gasteiger partial charge in [-0.25, -0.2) is 4.39 Å². The Morgan fingerprint density at radius 2 is 1.04 bits per heavy atom. The van der Waals surface area contributed by atoms with Crippen molar-refractivity contribution in [3.8, 4) is 33.4 Å². The number of anilines is 3. The summed E-state index contributed by atoms with van der Waals surface area (Å²) in [5, 5.41) is 7.76. The van der Waals surface area contributed by atoms with Crippen molar-refractivity contribution >= 4 is 22.9 Å². The standard InChI is InChI=1S/C44H30FN3/c45-33-22-24-36-35-23-21-32(31-10-8-9-30(25-31)28-17-19-29(20-18-28)43(46)47)26-39(35)44(40(36)27-33)37-13-4-6-15-41(37)48(34-11-2-1-3-12-34)42-16-7-5-14-38(42)44/h1-27H,(H3,46,47). The Hall–Kier alpha value is -6.26. The van der Waals surface area contributed by atoms with Crippen molar-refractivity contribution in [2.45, 2.75) is 5.41 Å². The molecule has 1 spiro atoms. The number of nitrogen functional groups attached to an aromatic ring is 1. The van der Waals surface area contributed by atoms with Gasteiger partial charge in [-0.3, -0.25) is 5.41 Å². The summed E-state index contributed by atoms with van der Waals surface area (Å²) in [7, 11) is 0. The number of amidine groups is 1. The molecule has 3 nitrogen and oxygen atoms in total. The Bertz CT molecular complexity index is 2350. The molecule has 9 rings (SSSR count). The Balaban J connectivity index is 1.30. The summed E-state index contributed by atoms with van der Waals surface area (Å²) >= 11 is 0. The van der Waals surface area contributed by atoms with E-state index in [4.69, 9.17) is 11.1 Å². The van der Waals surface area contributed by atoms with Crippen LogP contribution in [0.2, 0.25) is 0 Å². The average molecular weight is 620 g/mol. The predicted octanol–water partition coefficient (Wildman–Crippen LogP) is 10.6. The van der Waals surface area contributed by atoms with Crippen LogP contribution < -0.4 is 10.6 Å². The van der Waals surface area contributed by atoms with Gasteiger partial charge in [-0.05, 0) is 104 Å². The minimum Gasteiger partial charge on any atom is -0.384 e. The molecule has 0 atom stereocenters. The van der Waals surface area contributed by atoms with Gasteiger partial charge in [-0.1, -0.05) is 115 Å². The normalized spacial score (nSPS) is 13.4. The number of nitrogens with one attached hydrogen (secondary N) is 1. The van der Waals surface area contributed by atoms with Gasteiger partial charge in [0.05, 0.1) is 16.8 Å². The Labute approximate surface area is 278 Å². The maximum absolute atomic E-state index is 15.4. The molecule has 3 N–H and O–H groups in total. The molecular formula is C44H30FN3. The molecule has 4 heteroatoms. The summed E-state index contributed by atoms with van der Waals surface area (Å²) in [5.74, 6) is -0.189.